The minimum absolute atomic E-state index is 1.13. The van der Waals surface area contributed by atoms with Gasteiger partial charge in [-0.25, -0.2) is 4.98 Å². The summed E-state index contributed by atoms with van der Waals surface area (Å²) in [7, 11) is 0. The minimum Gasteiger partial charge on any atom is -0.236 e. The second-order valence-electron chi connectivity index (χ2n) is 6.02. The summed E-state index contributed by atoms with van der Waals surface area (Å²) >= 11 is 3.65. The van der Waals surface area contributed by atoms with Crippen LogP contribution in [0.4, 0.5) is 0 Å². The number of benzene rings is 3. The van der Waals surface area contributed by atoms with Crippen molar-refractivity contribution in [2.75, 3.05) is 0 Å². The molecule has 0 bridgehead atoms. The van der Waals surface area contributed by atoms with E-state index in [1.807, 2.05) is 11.8 Å². The molecule has 24 heavy (non-hydrogen) atoms. The first-order chi connectivity index (χ1) is 11.9. The van der Waals surface area contributed by atoms with Crippen molar-refractivity contribution >= 4 is 54.2 Å². The molecule has 1 aliphatic rings. The minimum atomic E-state index is 1.13. The molecule has 2 aromatic heterocycles. The van der Waals surface area contributed by atoms with Crippen LogP contribution in [0.1, 0.15) is 0 Å². The largest absolute Gasteiger partial charge is 0.236 e. The van der Waals surface area contributed by atoms with Gasteiger partial charge in [-0.2, -0.15) is 0 Å². The first-order valence-electron chi connectivity index (χ1n) is 7.91. The van der Waals surface area contributed by atoms with Crippen molar-refractivity contribution in [1.82, 2.24) is 4.98 Å². The molecule has 112 valence electrons. The van der Waals surface area contributed by atoms with E-state index in [1.54, 1.807) is 11.3 Å². The molecule has 0 aliphatic carbocycles. The Balaban J connectivity index is 1.91. The molecular weight excluding hydrogens is 330 g/mol. The number of rotatable bonds is 0. The van der Waals surface area contributed by atoms with Crippen LogP contribution in [0, 0.1) is 0 Å². The summed E-state index contributed by atoms with van der Waals surface area (Å²) in [5.41, 5.74) is 2.39. The zero-order valence-electron chi connectivity index (χ0n) is 12.6. The van der Waals surface area contributed by atoms with Crippen molar-refractivity contribution in [1.29, 1.82) is 0 Å². The summed E-state index contributed by atoms with van der Waals surface area (Å²) in [6.45, 7) is 0. The zero-order chi connectivity index (χ0) is 15.7. The highest BCUT2D eigenvalue weighted by molar-refractivity contribution is 7.99. The van der Waals surface area contributed by atoms with E-state index >= 15 is 0 Å². The Morgan fingerprint density at radius 2 is 1.46 bits per heavy atom. The van der Waals surface area contributed by atoms with Gasteiger partial charge in [0.15, 0.2) is 0 Å². The molecule has 0 fully saturated rings. The normalized spacial score (nSPS) is 12.8. The van der Waals surface area contributed by atoms with Crippen LogP contribution < -0.4 is 0 Å². The molecule has 6 rings (SSSR count). The van der Waals surface area contributed by atoms with Gasteiger partial charge in [0.05, 0.1) is 5.69 Å². The van der Waals surface area contributed by atoms with Crippen LogP contribution in [0.25, 0.3) is 42.3 Å². The van der Waals surface area contributed by atoms with Crippen LogP contribution in [0.3, 0.4) is 0 Å². The highest BCUT2D eigenvalue weighted by Gasteiger charge is 2.22. The summed E-state index contributed by atoms with van der Waals surface area (Å²) in [6, 6.07) is 23.9. The molecule has 1 aliphatic heterocycles. The van der Waals surface area contributed by atoms with Gasteiger partial charge in [0.25, 0.3) is 0 Å². The Bertz CT molecular complexity index is 1280. The van der Waals surface area contributed by atoms with E-state index in [0.717, 1.165) is 10.5 Å². The molecular formula is C21H11NS2. The first-order valence-corrected chi connectivity index (χ1v) is 9.55. The predicted octanol–water partition coefficient (Wildman–Crippen LogP) is 6.73. The lowest BCUT2D eigenvalue weighted by atomic mass is 10.00. The van der Waals surface area contributed by atoms with E-state index in [4.69, 9.17) is 4.98 Å². The molecule has 3 heteroatoms. The van der Waals surface area contributed by atoms with E-state index in [2.05, 4.69) is 66.7 Å². The maximum absolute atomic E-state index is 5.12. The van der Waals surface area contributed by atoms with Gasteiger partial charge in [-0.1, -0.05) is 60.3 Å². The van der Waals surface area contributed by atoms with Gasteiger partial charge >= 0.3 is 0 Å². The molecule has 0 spiro atoms. The second kappa shape index (κ2) is 4.59. The van der Waals surface area contributed by atoms with E-state index in [1.165, 1.54) is 41.6 Å². The van der Waals surface area contributed by atoms with E-state index in [-0.39, 0.29) is 0 Å². The van der Waals surface area contributed by atoms with E-state index in [0.29, 0.717) is 0 Å². The molecule has 0 saturated carbocycles. The highest BCUT2D eigenvalue weighted by Crippen LogP contribution is 2.50. The standard InChI is InChI=1S/C21H11NS2/c1-3-9-15-12(6-1)18-14-8-5-11-17-19(14)20(22-21(18)24-15)13-7-2-4-10-16(13)23-17/h1-11H. The predicted molar refractivity (Wildman–Crippen MR) is 104 cm³/mol. The lowest BCUT2D eigenvalue weighted by molar-refractivity contribution is 1.33. The number of thiophene rings is 1. The van der Waals surface area contributed by atoms with Crippen molar-refractivity contribution in [2.45, 2.75) is 9.79 Å². The Kier molecular flexibility index (Phi) is 2.49. The Labute approximate surface area is 147 Å². The topological polar surface area (TPSA) is 12.9 Å². The molecule has 1 nitrogen and oxygen atoms in total. The summed E-state index contributed by atoms with van der Waals surface area (Å²) in [5.74, 6) is 0. The number of aromatic nitrogens is 1. The fourth-order valence-corrected chi connectivity index (χ4v) is 5.87. The third kappa shape index (κ3) is 1.58. The van der Waals surface area contributed by atoms with Crippen molar-refractivity contribution < 1.29 is 0 Å². The Hall–Kier alpha value is -2.36. The van der Waals surface area contributed by atoms with Crippen molar-refractivity contribution in [3.63, 3.8) is 0 Å². The quantitative estimate of drug-likeness (QED) is 0.304. The fraction of sp³-hybridized carbons (Fsp3) is 0. The summed E-state index contributed by atoms with van der Waals surface area (Å²) < 4.78 is 1.31. The molecule has 0 radical (unpaired) electrons. The van der Waals surface area contributed by atoms with Crippen molar-refractivity contribution in [3.05, 3.63) is 66.7 Å². The number of hydrogen-bond acceptors (Lipinski definition) is 3. The molecule has 0 saturated heterocycles. The highest BCUT2D eigenvalue weighted by atomic mass is 32.2. The first kappa shape index (κ1) is 13.0. The molecule has 3 aromatic carbocycles. The molecule has 5 aromatic rings. The Morgan fingerprint density at radius 3 is 2.46 bits per heavy atom. The molecule has 0 atom stereocenters. The lowest BCUT2D eigenvalue weighted by Gasteiger charge is -2.19. The van der Waals surface area contributed by atoms with Gasteiger partial charge in [-0.05, 0) is 23.6 Å². The summed E-state index contributed by atoms with van der Waals surface area (Å²) in [5, 5.41) is 5.25. The monoisotopic (exact) mass is 341 g/mol. The Morgan fingerprint density at radius 1 is 0.667 bits per heavy atom. The van der Waals surface area contributed by atoms with Gasteiger partial charge in [-0.3, -0.25) is 0 Å². The van der Waals surface area contributed by atoms with Crippen LogP contribution in [0.2, 0.25) is 0 Å². The third-order valence-corrected chi connectivity index (χ3v) is 6.89. The van der Waals surface area contributed by atoms with Crippen molar-refractivity contribution in [3.8, 4) is 11.3 Å². The van der Waals surface area contributed by atoms with Crippen LogP contribution >= 0.6 is 23.1 Å². The maximum atomic E-state index is 5.12. The average molecular weight is 341 g/mol. The van der Waals surface area contributed by atoms with Crippen LogP contribution in [0.5, 0.6) is 0 Å². The fourth-order valence-electron chi connectivity index (χ4n) is 3.66. The van der Waals surface area contributed by atoms with Gasteiger partial charge in [0.2, 0.25) is 0 Å². The second-order valence-corrected chi connectivity index (χ2v) is 8.13. The zero-order valence-corrected chi connectivity index (χ0v) is 14.2. The number of nitrogens with zero attached hydrogens (tertiary/aromatic N) is 1. The molecule has 0 N–H and O–H groups in total. The maximum Gasteiger partial charge on any atom is 0.125 e. The van der Waals surface area contributed by atoms with Crippen LogP contribution in [-0.2, 0) is 0 Å². The van der Waals surface area contributed by atoms with Crippen LogP contribution in [0.15, 0.2) is 76.5 Å². The van der Waals surface area contributed by atoms with Gasteiger partial charge in [0, 0.05) is 36.2 Å². The summed E-state index contributed by atoms with van der Waals surface area (Å²) in [6.07, 6.45) is 0. The SMILES string of the molecule is c1ccc2c(c1)Sc1cccc3c1c-2nc1sc2ccccc2c13. The van der Waals surface area contributed by atoms with E-state index in [9.17, 15) is 0 Å². The summed E-state index contributed by atoms with van der Waals surface area (Å²) in [4.78, 5) is 8.86. The molecule has 0 amide bonds. The van der Waals surface area contributed by atoms with Gasteiger partial charge < -0.3 is 0 Å². The van der Waals surface area contributed by atoms with Gasteiger partial charge in [0.1, 0.15) is 4.83 Å². The van der Waals surface area contributed by atoms with E-state index < -0.39 is 0 Å². The third-order valence-electron chi connectivity index (χ3n) is 4.68. The average Bonchev–Trinajstić information content (AvgIpc) is 3.00. The molecule has 3 heterocycles. The molecule has 0 unspecified atom stereocenters. The lowest BCUT2D eigenvalue weighted by Crippen LogP contribution is -1.95. The number of fused-ring (bicyclic) bond motifs is 6. The number of pyridine rings is 1. The smallest absolute Gasteiger partial charge is 0.125 e. The van der Waals surface area contributed by atoms with Gasteiger partial charge in [-0.15, -0.1) is 11.3 Å². The van der Waals surface area contributed by atoms with Crippen molar-refractivity contribution in [2.24, 2.45) is 0 Å². The number of hydrogen-bond donors (Lipinski definition) is 0. The van der Waals surface area contributed by atoms with Crippen LogP contribution in [-0.4, -0.2) is 4.98 Å².